The second-order valence-electron chi connectivity index (χ2n) is 8.86. The Morgan fingerprint density at radius 1 is 1.26 bits per heavy atom. The molecule has 0 aliphatic heterocycles. The molecular formula is C26H30F3N5O3S. The molecule has 1 aromatic carbocycles. The highest BCUT2D eigenvalue weighted by Crippen LogP contribution is 2.38. The maximum atomic E-state index is 13.5. The van der Waals surface area contributed by atoms with Crippen molar-refractivity contribution in [2.45, 2.75) is 36.3 Å². The van der Waals surface area contributed by atoms with E-state index in [1.807, 2.05) is 0 Å². The normalized spacial score (nSPS) is 14.6. The van der Waals surface area contributed by atoms with Crippen LogP contribution in [0.3, 0.4) is 0 Å². The van der Waals surface area contributed by atoms with Crippen LogP contribution in [0, 0.1) is 17.8 Å². The second-order valence-corrected chi connectivity index (χ2v) is 10.1. The average Bonchev–Trinajstić information content (AvgIpc) is 3.69. The zero-order valence-corrected chi connectivity index (χ0v) is 22.3. The Kier molecular flexibility index (Phi) is 9.65. The first-order valence-corrected chi connectivity index (χ1v) is 12.7. The van der Waals surface area contributed by atoms with E-state index in [-0.39, 0.29) is 45.8 Å². The summed E-state index contributed by atoms with van der Waals surface area (Å²) in [4.78, 5) is 31.1. The monoisotopic (exact) mass is 549 g/mol. The van der Waals surface area contributed by atoms with Crippen LogP contribution in [-0.2, 0) is 17.4 Å². The molecule has 204 valence electrons. The third-order valence-corrected chi connectivity index (χ3v) is 6.70. The average molecular weight is 550 g/mol. The van der Waals surface area contributed by atoms with Crippen molar-refractivity contribution in [3.63, 3.8) is 0 Å². The number of ether oxygens (including phenoxy) is 1. The van der Waals surface area contributed by atoms with Crippen LogP contribution in [0.4, 0.5) is 13.2 Å². The zero-order chi connectivity index (χ0) is 28.0. The minimum atomic E-state index is -4.62. The van der Waals surface area contributed by atoms with E-state index in [9.17, 15) is 22.8 Å². The standard InChI is InChI=1S/C26H30F3N5O3S/c1-31-22(10-7-15-5-6-15)38-25(30)33-24(36)20-14-32-17(13-23(35)34(2)3)12-18(20)19-11-16(26(27,28)29)8-9-21(19)37-4/h8-9,11-12,14-15,22,25,31H,5-6,13,30H2,1-4H3,(H,33,36). The largest absolute Gasteiger partial charge is 0.496 e. The van der Waals surface area contributed by atoms with Gasteiger partial charge < -0.3 is 20.7 Å². The SMILES string of the molecule is CNC(C#CC1CC1)SC(N)NC(=O)c1cnc(CC(=O)N(C)C)cc1-c1cc(C(F)(F)F)ccc1OC. The maximum absolute atomic E-state index is 13.5. The number of methoxy groups -OCH3 is 1. The van der Waals surface area contributed by atoms with Crippen molar-refractivity contribution in [2.75, 3.05) is 28.3 Å². The second kappa shape index (κ2) is 12.5. The number of rotatable bonds is 9. The number of benzene rings is 1. The molecule has 0 spiro atoms. The molecule has 2 atom stereocenters. The summed E-state index contributed by atoms with van der Waals surface area (Å²) in [6.07, 6.45) is -1.36. The van der Waals surface area contributed by atoms with Crippen LogP contribution in [0.1, 0.15) is 34.5 Å². The van der Waals surface area contributed by atoms with Gasteiger partial charge in [-0.05, 0) is 44.2 Å². The number of carbonyl (C=O) groups is 2. The van der Waals surface area contributed by atoms with Gasteiger partial charge in [0, 0.05) is 37.3 Å². The van der Waals surface area contributed by atoms with Gasteiger partial charge in [-0.1, -0.05) is 23.6 Å². The summed E-state index contributed by atoms with van der Waals surface area (Å²) in [5.41, 5.74) is 4.76. The fraction of sp³-hybridized carbons (Fsp3) is 0.423. The van der Waals surface area contributed by atoms with Gasteiger partial charge in [0.25, 0.3) is 5.91 Å². The molecule has 0 radical (unpaired) electrons. The summed E-state index contributed by atoms with van der Waals surface area (Å²) < 4.78 is 45.9. The number of nitrogens with two attached hydrogens (primary N) is 1. The highest BCUT2D eigenvalue weighted by Gasteiger charge is 2.32. The Bertz CT molecular complexity index is 1240. The third-order valence-electron chi connectivity index (χ3n) is 5.67. The molecule has 38 heavy (non-hydrogen) atoms. The molecule has 3 rings (SSSR count). The van der Waals surface area contributed by atoms with Crippen molar-refractivity contribution in [1.29, 1.82) is 0 Å². The van der Waals surface area contributed by atoms with Crippen molar-refractivity contribution in [2.24, 2.45) is 11.7 Å². The van der Waals surface area contributed by atoms with Gasteiger partial charge in [0.2, 0.25) is 5.91 Å². The number of alkyl halides is 3. The lowest BCUT2D eigenvalue weighted by atomic mass is 9.96. The third kappa shape index (κ3) is 7.86. The number of pyridine rings is 1. The molecule has 1 aliphatic carbocycles. The fourth-order valence-corrected chi connectivity index (χ4v) is 4.13. The zero-order valence-electron chi connectivity index (χ0n) is 21.5. The van der Waals surface area contributed by atoms with E-state index < -0.39 is 23.1 Å². The van der Waals surface area contributed by atoms with Crippen LogP contribution >= 0.6 is 11.8 Å². The molecule has 1 aliphatic rings. The fourth-order valence-electron chi connectivity index (χ4n) is 3.39. The summed E-state index contributed by atoms with van der Waals surface area (Å²) in [6, 6.07) is 4.40. The van der Waals surface area contributed by atoms with Crippen molar-refractivity contribution in [3.05, 3.63) is 47.3 Å². The van der Waals surface area contributed by atoms with Crippen LogP contribution in [0.25, 0.3) is 11.1 Å². The van der Waals surface area contributed by atoms with Crippen molar-refractivity contribution in [3.8, 4) is 28.7 Å². The van der Waals surface area contributed by atoms with Gasteiger partial charge in [0.05, 0.1) is 30.4 Å². The van der Waals surface area contributed by atoms with E-state index in [1.165, 1.54) is 42.1 Å². The number of thioether (sulfide) groups is 1. The number of carbonyl (C=O) groups excluding carboxylic acids is 2. The minimum absolute atomic E-state index is 0.0233. The van der Waals surface area contributed by atoms with Gasteiger partial charge in [-0.2, -0.15) is 13.2 Å². The Balaban J connectivity index is 1.98. The molecule has 8 nitrogen and oxygen atoms in total. The van der Waals surface area contributed by atoms with Crippen molar-refractivity contribution in [1.82, 2.24) is 20.5 Å². The van der Waals surface area contributed by atoms with Gasteiger partial charge in [-0.15, -0.1) is 0 Å². The van der Waals surface area contributed by atoms with Crippen LogP contribution in [-0.4, -0.2) is 60.8 Å². The van der Waals surface area contributed by atoms with Gasteiger partial charge >= 0.3 is 6.18 Å². The van der Waals surface area contributed by atoms with Crippen LogP contribution in [0.2, 0.25) is 0 Å². The van der Waals surface area contributed by atoms with E-state index in [0.29, 0.717) is 5.92 Å². The summed E-state index contributed by atoms with van der Waals surface area (Å²) in [7, 11) is 6.20. The number of nitrogens with zero attached hydrogens (tertiary/aromatic N) is 2. The Labute approximate surface area is 223 Å². The van der Waals surface area contributed by atoms with Crippen molar-refractivity contribution >= 4 is 23.6 Å². The lowest BCUT2D eigenvalue weighted by Gasteiger charge is -2.20. The molecule has 1 aromatic heterocycles. The number of hydrogen-bond donors (Lipinski definition) is 3. The maximum Gasteiger partial charge on any atom is 0.416 e. The summed E-state index contributed by atoms with van der Waals surface area (Å²) in [5, 5.41) is 5.35. The first kappa shape index (κ1) is 29.3. The number of aromatic nitrogens is 1. The molecule has 2 unspecified atom stereocenters. The van der Waals surface area contributed by atoms with Crippen LogP contribution < -0.4 is 21.1 Å². The Morgan fingerprint density at radius 2 is 1.97 bits per heavy atom. The molecule has 2 amide bonds. The smallest absolute Gasteiger partial charge is 0.416 e. The molecule has 4 N–H and O–H groups in total. The molecule has 0 bridgehead atoms. The highest BCUT2D eigenvalue weighted by atomic mass is 32.2. The molecule has 0 saturated heterocycles. The van der Waals surface area contributed by atoms with E-state index in [1.54, 1.807) is 21.1 Å². The number of amides is 2. The minimum Gasteiger partial charge on any atom is -0.496 e. The predicted octanol–water partition coefficient (Wildman–Crippen LogP) is 3.07. The molecule has 2 aromatic rings. The van der Waals surface area contributed by atoms with E-state index in [2.05, 4.69) is 27.5 Å². The summed E-state index contributed by atoms with van der Waals surface area (Å²) in [5.74, 6) is 5.82. The molecule has 1 fully saturated rings. The Morgan fingerprint density at radius 3 is 2.55 bits per heavy atom. The van der Waals surface area contributed by atoms with E-state index >= 15 is 0 Å². The van der Waals surface area contributed by atoms with Crippen LogP contribution in [0.15, 0.2) is 30.5 Å². The van der Waals surface area contributed by atoms with Gasteiger partial charge in [0.15, 0.2) is 0 Å². The lowest BCUT2D eigenvalue weighted by molar-refractivity contribution is -0.137. The number of nitrogens with one attached hydrogen (secondary N) is 2. The predicted molar refractivity (Wildman–Crippen MR) is 140 cm³/mol. The molecule has 1 heterocycles. The van der Waals surface area contributed by atoms with E-state index in [4.69, 9.17) is 10.5 Å². The number of halogens is 3. The summed E-state index contributed by atoms with van der Waals surface area (Å²) in [6.45, 7) is 0. The van der Waals surface area contributed by atoms with Crippen LogP contribution in [0.5, 0.6) is 5.75 Å². The topological polar surface area (TPSA) is 110 Å². The molecule has 1 saturated carbocycles. The first-order valence-electron chi connectivity index (χ1n) is 11.8. The van der Waals surface area contributed by atoms with Gasteiger partial charge in [0.1, 0.15) is 16.6 Å². The quantitative estimate of drug-likeness (QED) is 0.326. The van der Waals surface area contributed by atoms with Crippen molar-refractivity contribution < 1.29 is 27.5 Å². The molecular weight excluding hydrogens is 519 g/mol. The van der Waals surface area contributed by atoms with Gasteiger partial charge in [-0.25, -0.2) is 0 Å². The Hall–Kier alpha value is -3.27. The molecule has 12 heteroatoms. The highest BCUT2D eigenvalue weighted by molar-refractivity contribution is 8.00. The van der Waals surface area contributed by atoms with E-state index in [0.717, 1.165) is 25.0 Å². The lowest BCUT2D eigenvalue weighted by Crippen LogP contribution is -2.42. The number of likely N-dealkylation sites (N-methyl/N-ethyl adjacent to an activating group) is 1. The van der Waals surface area contributed by atoms with Gasteiger partial charge in [-0.3, -0.25) is 19.9 Å². The first-order chi connectivity index (χ1) is 17.9. The summed E-state index contributed by atoms with van der Waals surface area (Å²) >= 11 is 1.18. The number of hydrogen-bond acceptors (Lipinski definition) is 7.